The van der Waals surface area contributed by atoms with Gasteiger partial charge in [-0.05, 0) is 23.8 Å². The van der Waals surface area contributed by atoms with Crippen LogP contribution in [0.4, 0.5) is 5.69 Å². The van der Waals surface area contributed by atoms with Gasteiger partial charge in [0.05, 0.1) is 14.2 Å². The highest BCUT2D eigenvalue weighted by Gasteiger charge is 2.27. The van der Waals surface area contributed by atoms with Gasteiger partial charge in [0.25, 0.3) is 0 Å². The van der Waals surface area contributed by atoms with E-state index in [-0.39, 0.29) is 5.78 Å². The van der Waals surface area contributed by atoms with Gasteiger partial charge in [0, 0.05) is 65.4 Å². The zero-order chi connectivity index (χ0) is 22.2. The number of allylic oxidation sites excluding steroid dienone is 4. The Balaban J connectivity index is 2.02. The number of ketones is 1. The van der Waals surface area contributed by atoms with E-state index in [4.69, 9.17) is 14.9 Å². The lowest BCUT2D eigenvalue weighted by Gasteiger charge is -2.24. The van der Waals surface area contributed by atoms with Crippen molar-refractivity contribution in [2.75, 3.05) is 26.6 Å². The molecule has 1 unspecified atom stereocenters. The molecule has 2 aromatic rings. The fraction of sp³-hybridized carbons (Fsp3) is 0.250. The lowest BCUT2D eigenvalue weighted by Crippen LogP contribution is -2.32. The third-order valence-electron chi connectivity index (χ3n) is 5.04. The summed E-state index contributed by atoms with van der Waals surface area (Å²) < 4.78 is 10.8. The Hall–Kier alpha value is -3.32. The van der Waals surface area contributed by atoms with E-state index in [0.717, 1.165) is 29.7 Å². The van der Waals surface area contributed by atoms with E-state index < -0.39 is 6.04 Å². The van der Waals surface area contributed by atoms with E-state index in [9.17, 15) is 4.79 Å². The van der Waals surface area contributed by atoms with Gasteiger partial charge in [-0.2, -0.15) is 11.3 Å². The summed E-state index contributed by atoms with van der Waals surface area (Å²) in [7, 11) is 4.97. The van der Waals surface area contributed by atoms with Gasteiger partial charge in [-0.25, -0.2) is 0 Å². The second kappa shape index (κ2) is 10.6. The van der Waals surface area contributed by atoms with Gasteiger partial charge in [-0.15, -0.1) is 0 Å². The number of carbonyl (C=O) groups excluding carboxylic acids is 1. The number of hydrogen-bond acceptors (Lipinski definition) is 7. The van der Waals surface area contributed by atoms with Crippen molar-refractivity contribution in [3.8, 4) is 11.5 Å². The van der Waals surface area contributed by atoms with Crippen molar-refractivity contribution in [2.45, 2.75) is 18.9 Å². The minimum atomic E-state index is -0.545. The van der Waals surface area contributed by atoms with Gasteiger partial charge >= 0.3 is 0 Å². The van der Waals surface area contributed by atoms with Crippen molar-refractivity contribution in [1.82, 2.24) is 5.32 Å². The molecule has 1 heterocycles. The summed E-state index contributed by atoms with van der Waals surface area (Å²) in [5.41, 5.74) is 3.76. The average Bonchev–Trinajstić information content (AvgIpc) is 3.30. The molecule has 0 fully saturated rings. The number of methoxy groups -OCH3 is 2. The number of anilines is 1. The maximum absolute atomic E-state index is 13.8. The Kier molecular flexibility index (Phi) is 7.67. The monoisotopic (exact) mass is 437 g/mol. The molecule has 7 heteroatoms. The van der Waals surface area contributed by atoms with Crippen molar-refractivity contribution in [2.24, 2.45) is 0 Å². The van der Waals surface area contributed by atoms with Crippen LogP contribution < -0.4 is 20.1 Å². The van der Waals surface area contributed by atoms with Gasteiger partial charge < -0.3 is 25.5 Å². The largest absolute Gasteiger partial charge is 0.497 e. The summed E-state index contributed by atoms with van der Waals surface area (Å²) >= 11 is 1.45. The molecule has 0 bridgehead atoms. The standard InChI is InChI=1S/C24H27N3O3S/c1-26-13-17(12-25)21-14-31-15-22(21)24(28)23(16-7-5-4-6-8-16)27-18-9-19(29-2)11-20(10-18)30-3/h4-5,7,9-15,23,25-27H,6,8H2,1-3H3/b17-13+,25-12?. The Bertz CT molecular complexity index is 1010. The Morgan fingerprint density at radius 3 is 2.45 bits per heavy atom. The number of rotatable bonds is 10. The summed E-state index contributed by atoms with van der Waals surface area (Å²) in [6.45, 7) is 0. The van der Waals surface area contributed by atoms with Gasteiger partial charge in [0.15, 0.2) is 5.78 Å². The fourth-order valence-electron chi connectivity index (χ4n) is 3.47. The van der Waals surface area contributed by atoms with Gasteiger partial charge in [-0.3, -0.25) is 4.79 Å². The maximum Gasteiger partial charge on any atom is 0.190 e. The van der Waals surface area contributed by atoms with Crippen LogP contribution in [0.1, 0.15) is 28.8 Å². The molecule has 3 rings (SSSR count). The Morgan fingerprint density at radius 1 is 1.16 bits per heavy atom. The molecule has 162 valence electrons. The first-order valence-electron chi connectivity index (χ1n) is 9.95. The van der Waals surface area contributed by atoms with E-state index in [1.54, 1.807) is 33.5 Å². The lowest BCUT2D eigenvalue weighted by molar-refractivity contribution is 0.0980. The summed E-state index contributed by atoms with van der Waals surface area (Å²) in [5, 5.41) is 17.9. The molecular formula is C24H27N3O3S. The summed E-state index contributed by atoms with van der Waals surface area (Å²) in [6, 6.07) is 4.94. The maximum atomic E-state index is 13.8. The molecular weight excluding hydrogens is 410 g/mol. The quantitative estimate of drug-likeness (QED) is 0.363. The minimum Gasteiger partial charge on any atom is -0.497 e. The van der Waals surface area contributed by atoms with Gasteiger partial charge in [0.2, 0.25) is 0 Å². The van der Waals surface area contributed by atoms with Crippen LogP contribution in [-0.2, 0) is 0 Å². The number of nitrogens with one attached hydrogen (secondary N) is 3. The smallest absolute Gasteiger partial charge is 0.190 e. The molecule has 1 aliphatic rings. The second-order valence-corrected chi connectivity index (χ2v) is 7.73. The molecule has 0 spiro atoms. The van der Waals surface area contributed by atoms with Crippen molar-refractivity contribution in [1.29, 1.82) is 5.41 Å². The second-order valence-electron chi connectivity index (χ2n) is 6.98. The predicted octanol–water partition coefficient (Wildman–Crippen LogP) is 4.91. The molecule has 6 nitrogen and oxygen atoms in total. The number of Topliss-reactive ketones (excluding diaryl/α,β-unsaturated/α-hetero) is 1. The van der Waals surface area contributed by atoms with Crippen LogP contribution in [0.25, 0.3) is 5.57 Å². The third kappa shape index (κ3) is 5.24. The molecule has 1 aliphatic carbocycles. The Labute approximate surface area is 186 Å². The van der Waals surface area contributed by atoms with Gasteiger partial charge in [0.1, 0.15) is 17.5 Å². The van der Waals surface area contributed by atoms with Crippen molar-refractivity contribution in [3.05, 3.63) is 70.1 Å². The highest BCUT2D eigenvalue weighted by Crippen LogP contribution is 2.31. The average molecular weight is 438 g/mol. The number of carbonyl (C=O) groups is 1. The zero-order valence-corrected chi connectivity index (χ0v) is 18.7. The van der Waals surface area contributed by atoms with Crippen LogP contribution in [0.5, 0.6) is 11.5 Å². The molecule has 0 saturated heterocycles. The first-order chi connectivity index (χ1) is 15.1. The van der Waals surface area contributed by atoms with Crippen LogP contribution in [0.2, 0.25) is 0 Å². The van der Waals surface area contributed by atoms with Crippen LogP contribution in [0.3, 0.4) is 0 Å². The fourth-order valence-corrected chi connectivity index (χ4v) is 4.31. The van der Waals surface area contributed by atoms with Crippen LogP contribution in [0, 0.1) is 5.41 Å². The highest BCUT2D eigenvalue weighted by atomic mass is 32.1. The number of ether oxygens (including phenoxy) is 2. The topological polar surface area (TPSA) is 83.4 Å². The van der Waals surface area contributed by atoms with Crippen molar-refractivity contribution in [3.63, 3.8) is 0 Å². The zero-order valence-electron chi connectivity index (χ0n) is 17.9. The van der Waals surface area contributed by atoms with Crippen molar-refractivity contribution >= 4 is 34.6 Å². The molecule has 3 N–H and O–H groups in total. The highest BCUT2D eigenvalue weighted by molar-refractivity contribution is 7.08. The van der Waals surface area contributed by atoms with Crippen LogP contribution in [0.15, 0.2) is 59.0 Å². The van der Waals surface area contributed by atoms with E-state index in [1.165, 1.54) is 17.6 Å². The molecule has 0 aliphatic heterocycles. The Morgan fingerprint density at radius 2 is 1.87 bits per heavy atom. The molecule has 1 aromatic heterocycles. The van der Waals surface area contributed by atoms with E-state index in [1.807, 2.05) is 35.0 Å². The first kappa shape index (κ1) is 22.4. The summed E-state index contributed by atoms with van der Waals surface area (Å²) in [6.07, 6.45) is 10.8. The number of thiophene rings is 1. The minimum absolute atomic E-state index is 0.0385. The van der Waals surface area contributed by atoms with Crippen molar-refractivity contribution < 1.29 is 14.3 Å². The van der Waals surface area contributed by atoms with E-state index in [0.29, 0.717) is 22.6 Å². The predicted molar refractivity (Wildman–Crippen MR) is 128 cm³/mol. The molecule has 1 aromatic carbocycles. The SMILES string of the molecule is CN/C=C(\C=N)c1cscc1C(=O)C(Nc1cc(OC)cc(OC)c1)C1=CC=CCC1. The molecule has 1 atom stereocenters. The first-order valence-corrected chi connectivity index (χ1v) is 10.9. The third-order valence-corrected chi connectivity index (χ3v) is 5.78. The summed E-state index contributed by atoms with van der Waals surface area (Å²) in [4.78, 5) is 13.8. The molecule has 0 saturated carbocycles. The van der Waals surface area contributed by atoms with Crippen LogP contribution in [-0.4, -0.2) is 39.3 Å². The van der Waals surface area contributed by atoms with Gasteiger partial charge in [-0.1, -0.05) is 18.2 Å². The lowest BCUT2D eigenvalue weighted by atomic mass is 9.90. The normalized spacial score (nSPS) is 14.4. The van der Waals surface area contributed by atoms with E-state index >= 15 is 0 Å². The summed E-state index contributed by atoms with van der Waals surface area (Å²) in [5.74, 6) is 1.25. The molecule has 31 heavy (non-hydrogen) atoms. The van der Waals surface area contributed by atoms with Crippen LogP contribution >= 0.6 is 11.3 Å². The van der Waals surface area contributed by atoms with E-state index in [2.05, 4.69) is 16.7 Å². The number of benzene rings is 1. The molecule has 0 amide bonds. The molecule has 0 radical (unpaired) electrons. The number of hydrogen-bond donors (Lipinski definition) is 3.